The highest BCUT2D eigenvalue weighted by atomic mass is 16.5. The first kappa shape index (κ1) is 16.0. The van der Waals surface area contributed by atoms with Gasteiger partial charge in [-0.05, 0) is 48.2 Å². The number of benzene rings is 1. The van der Waals surface area contributed by atoms with Crippen LogP contribution in [0.4, 0.5) is 5.82 Å². The quantitative estimate of drug-likeness (QED) is 0.778. The predicted octanol–water partition coefficient (Wildman–Crippen LogP) is 3.58. The Balaban J connectivity index is 2.03. The van der Waals surface area contributed by atoms with E-state index in [1.807, 2.05) is 18.2 Å². The Morgan fingerprint density at radius 1 is 1.19 bits per heavy atom. The van der Waals surface area contributed by atoms with Crippen molar-refractivity contribution in [2.75, 3.05) is 20.0 Å². The summed E-state index contributed by atoms with van der Waals surface area (Å²) < 4.78 is 16.4. The highest BCUT2D eigenvalue weighted by Crippen LogP contribution is 2.44. The third kappa shape index (κ3) is 2.29. The van der Waals surface area contributed by atoms with Gasteiger partial charge in [-0.2, -0.15) is 5.26 Å². The summed E-state index contributed by atoms with van der Waals surface area (Å²) in [4.78, 5) is 4.54. The van der Waals surface area contributed by atoms with Crippen molar-refractivity contribution in [3.63, 3.8) is 0 Å². The second-order valence-corrected chi connectivity index (χ2v) is 6.03. The van der Waals surface area contributed by atoms with Crippen LogP contribution in [0.5, 0.6) is 11.5 Å². The highest BCUT2D eigenvalue weighted by Gasteiger charge is 2.27. The third-order valence-corrected chi connectivity index (χ3v) is 4.71. The van der Waals surface area contributed by atoms with Gasteiger partial charge < -0.3 is 19.6 Å². The maximum absolute atomic E-state index is 9.60. The molecule has 0 fully saturated rings. The van der Waals surface area contributed by atoms with Gasteiger partial charge in [-0.25, -0.2) is 4.98 Å². The van der Waals surface area contributed by atoms with Crippen molar-refractivity contribution in [1.29, 1.82) is 5.26 Å². The molecule has 0 saturated heterocycles. The van der Waals surface area contributed by atoms with E-state index in [9.17, 15) is 5.26 Å². The molecular weight excluding hydrogens is 330 g/mol. The lowest BCUT2D eigenvalue weighted by molar-refractivity contribution is 0.354. The number of aromatic nitrogens is 1. The smallest absolute Gasteiger partial charge is 0.161 e. The van der Waals surface area contributed by atoms with Crippen molar-refractivity contribution >= 4 is 5.82 Å². The maximum atomic E-state index is 9.60. The van der Waals surface area contributed by atoms with Gasteiger partial charge in [0.25, 0.3) is 0 Å². The van der Waals surface area contributed by atoms with Gasteiger partial charge in [0.1, 0.15) is 23.2 Å². The zero-order chi connectivity index (χ0) is 18.3. The molecule has 1 aromatic carbocycles. The van der Waals surface area contributed by atoms with Gasteiger partial charge in [0.15, 0.2) is 11.5 Å². The number of furan rings is 1. The van der Waals surface area contributed by atoms with Crippen molar-refractivity contribution in [2.45, 2.75) is 12.8 Å². The average Bonchev–Trinajstić information content (AvgIpc) is 3.19. The number of anilines is 1. The number of nitrogen functional groups attached to an aromatic ring is 1. The molecule has 3 aromatic rings. The molecule has 26 heavy (non-hydrogen) atoms. The molecule has 0 bridgehead atoms. The topological polar surface area (TPSA) is 94.3 Å². The van der Waals surface area contributed by atoms with Gasteiger partial charge in [-0.1, -0.05) is 0 Å². The molecule has 0 radical (unpaired) electrons. The lowest BCUT2D eigenvalue weighted by Crippen LogP contribution is -2.12. The SMILES string of the molecule is COc1cc2c(cc1OC)-c1nc(N)c(C#N)c(-c3ccco3)c1CC2. The van der Waals surface area contributed by atoms with E-state index in [1.54, 1.807) is 26.5 Å². The zero-order valence-electron chi connectivity index (χ0n) is 14.5. The molecule has 2 heterocycles. The average molecular weight is 347 g/mol. The van der Waals surface area contributed by atoms with Crippen LogP contribution < -0.4 is 15.2 Å². The van der Waals surface area contributed by atoms with E-state index >= 15 is 0 Å². The molecule has 1 aliphatic carbocycles. The highest BCUT2D eigenvalue weighted by molar-refractivity contribution is 5.85. The van der Waals surface area contributed by atoms with Crippen LogP contribution in [0.1, 0.15) is 16.7 Å². The van der Waals surface area contributed by atoms with Crippen LogP contribution in [0.2, 0.25) is 0 Å². The molecule has 0 atom stereocenters. The number of nitriles is 1. The first-order chi connectivity index (χ1) is 12.7. The number of ether oxygens (including phenoxy) is 2. The molecule has 6 nitrogen and oxygen atoms in total. The minimum Gasteiger partial charge on any atom is -0.493 e. The number of hydrogen-bond acceptors (Lipinski definition) is 6. The molecule has 0 spiro atoms. The van der Waals surface area contributed by atoms with Crippen LogP contribution in [0.15, 0.2) is 34.9 Å². The Hall–Kier alpha value is -3.46. The van der Waals surface area contributed by atoms with Crippen molar-refractivity contribution in [1.82, 2.24) is 4.98 Å². The summed E-state index contributed by atoms with van der Waals surface area (Å²) in [6, 6.07) is 9.69. The van der Waals surface area contributed by atoms with Gasteiger partial charge in [-0.3, -0.25) is 0 Å². The fourth-order valence-corrected chi connectivity index (χ4v) is 3.52. The summed E-state index contributed by atoms with van der Waals surface area (Å²) in [5.41, 5.74) is 11.0. The maximum Gasteiger partial charge on any atom is 0.161 e. The zero-order valence-corrected chi connectivity index (χ0v) is 14.5. The summed E-state index contributed by atoms with van der Waals surface area (Å²) in [5, 5.41) is 9.60. The monoisotopic (exact) mass is 347 g/mol. The van der Waals surface area contributed by atoms with Crippen LogP contribution in [0.25, 0.3) is 22.6 Å². The number of nitrogens with zero attached hydrogens (tertiary/aromatic N) is 2. The lowest BCUT2D eigenvalue weighted by atomic mass is 9.84. The second-order valence-electron chi connectivity index (χ2n) is 6.03. The summed E-state index contributed by atoms with van der Waals surface area (Å²) >= 11 is 0. The molecular formula is C20H17N3O3. The second kappa shape index (κ2) is 6.12. The van der Waals surface area contributed by atoms with Gasteiger partial charge >= 0.3 is 0 Å². The Kier molecular flexibility index (Phi) is 3.77. The largest absolute Gasteiger partial charge is 0.493 e. The normalized spacial score (nSPS) is 12.0. The van der Waals surface area contributed by atoms with Crippen LogP contribution >= 0.6 is 0 Å². The Morgan fingerprint density at radius 3 is 2.62 bits per heavy atom. The van der Waals surface area contributed by atoms with Crippen molar-refractivity contribution < 1.29 is 13.9 Å². The van der Waals surface area contributed by atoms with E-state index in [1.165, 1.54) is 0 Å². The van der Waals surface area contributed by atoms with Crippen LogP contribution in [0.3, 0.4) is 0 Å². The van der Waals surface area contributed by atoms with Crippen LogP contribution in [-0.2, 0) is 12.8 Å². The molecule has 130 valence electrons. The summed E-state index contributed by atoms with van der Waals surface area (Å²) in [6.45, 7) is 0. The molecule has 0 aliphatic heterocycles. The van der Waals surface area contributed by atoms with Gasteiger partial charge in [-0.15, -0.1) is 0 Å². The number of pyridine rings is 1. The summed E-state index contributed by atoms with van der Waals surface area (Å²) in [5.74, 6) is 2.13. The standard InChI is InChI=1S/C20H17N3O3/c1-24-16-8-11-5-6-12-18(15-4-3-7-26-15)14(10-21)20(22)23-19(12)13(11)9-17(16)25-2/h3-4,7-9H,5-6H2,1-2H3,(H2,22,23). The number of rotatable bonds is 3. The number of fused-ring (bicyclic) bond motifs is 3. The predicted molar refractivity (Wildman–Crippen MR) is 97.0 cm³/mol. The molecule has 0 unspecified atom stereocenters. The molecule has 6 heteroatoms. The van der Waals surface area contributed by atoms with E-state index in [2.05, 4.69) is 11.1 Å². The first-order valence-corrected chi connectivity index (χ1v) is 8.19. The first-order valence-electron chi connectivity index (χ1n) is 8.19. The van der Waals surface area contributed by atoms with Gasteiger partial charge in [0, 0.05) is 11.1 Å². The Morgan fingerprint density at radius 2 is 1.96 bits per heavy atom. The number of methoxy groups -OCH3 is 2. The summed E-state index contributed by atoms with van der Waals surface area (Å²) in [7, 11) is 3.22. The van der Waals surface area contributed by atoms with Crippen LogP contribution in [0, 0.1) is 11.3 Å². The van der Waals surface area contributed by atoms with E-state index in [4.69, 9.17) is 19.6 Å². The number of aryl methyl sites for hydroxylation is 1. The van der Waals surface area contributed by atoms with E-state index in [0.717, 1.165) is 40.8 Å². The summed E-state index contributed by atoms with van der Waals surface area (Å²) in [6.07, 6.45) is 3.12. The van der Waals surface area contributed by atoms with Gasteiger partial charge in [0.2, 0.25) is 0 Å². The molecule has 0 amide bonds. The molecule has 2 N–H and O–H groups in total. The van der Waals surface area contributed by atoms with Crippen molar-refractivity contribution in [3.05, 3.63) is 47.2 Å². The lowest BCUT2D eigenvalue weighted by Gasteiger charge is -2.24. The minimum atomic E-state index is 0.195. The minimum absolute atomic E-state index is 0.195. The Labute approximate surface area is 150 Å². The number of hydrogen-bond donors (Lipinski definition) is 1. The van der Waals surface area contributed by atoms with E-state index in [-0.39, 0.29) is 5.82 Å². The van der Waals surface area contributed by atoms with E-state index < -0.39 is 0 Å². The molecule has 4 rings (SSSR count). The van der Waals surface area contributed by atoms with Crippen molar-refractivity contribution in [2.24, 2.45) is 0 Å². The van der Waals surface area contributed by atoms with Gasteiger partial charge in [0.05, 0.1) is 26.2 Å². The fourth-order valence-electron chi connectivity index (χ4n) is 3.52. The molecule has 2 aromatic heterocycles. The van der Waals surface area contributed by atoms with Crippen molar-refractivity contribution in [3.8, 4) is 40.1 Å². The third-order valence-electron chi connectivity index (χ3n) is 4.71. The van der Waals surface area contributed by atoms with E-state index in [0.29, 0.717) is 22.8 Å². The Bertz CT molecular complexity index is 1030. The number of nitrogens with two attached hydrogens (primary N) is 1. The van der Waals surface area contributed by atoms with Crippen LogP contribution in [-0.4, -0.2) is 19.2 Å². The molecule has 1 aliphatic rings. The fraction of sp³-hybridized carbons (Fsp3) is 0.200. The molecule has 0 saturated carbocycles.